The van der Waals surface area contributed by atoms with E-state index >= 15 is 0 Å². The molecule has 4 aromatic rings. The zero-order chi connectivity index (χ0) is 24.5. The third-order valence-electron chi connectivity index (χ3n) is 5.20. The number of halogens is 3. The molecule has 0 aliphatic rings. The Hall–Kier alpha value is -3.73. The first-order valence-corrected chi connectivity index (χ1v) is 11.2. The molecule has 1 N–H and O–H groups in total. The number of rotatable bonds is 7. The van der Waals surface area contributed by atoms with Gasteiger partial charge in [-0.2, -0.15) is 22.8 Å². The summed E-state index contributed by atoms with van der Waals surface area (Å²) < 4.78 is 42.0. The summed E-state index contributed by atoms with van der Waals surface area (Å²) in [7, 11) is 0. The van der Waals surface area contributed by atoms with Crippen molar-refractivity contribution in [1.82, 2.24) is 19.8 Å². The quantitative estimate of drug-likeness (QED) is 0.390. The number of thiophene rings is 1. The summed E-state index contributed by atoms with van der Waals surface area (Å²) in [5, 5.41) is 19.7. The molecule has 0 spiro atoms. The molecule has 3 aromatic heterocycles. The molecule has 0 fully saturated rings. The Balaban J connectivity index is 1.74. The molecule has 0 radical (unpaired) electrons. The number of aromatic nitrogens is 4. The number of alkyl halides is 3. The topological polar surface area (TPSA) is 83.6 Å². The Morgan fingerprint density at radius 3 is 2.44 bits per heavy atom. The lowest BCUT2D eigenvalue weighted by atomic mass is 10.1. The van der Waals surface area contributed by atoms with Crippen LogP contribution in [0.3, 0.4) is 0 Å². The summed E-state index contributed by atoms with van der Waals surface area (Å²) in [6, 6.07) is 11.6. The number of fused-ring (bicyclic) bond motifs is 1. The Morgan fingerprint density at radius 2 is 1.82 bits per heavy atom. The molecule has 0 bridgehead atoms. The minimum Gasteiger partial charge on any atom is -0.478 e. The molecule has 4 rings (SSSR count). The number of hydrogen-bond donors (Lipinski definition) is 1. The highest BCUT2D eigenvalue weighted by Crippen LogP contribution is 2.31. The zero-order valence-corrected chi connectivity index (χ0v) is 19.1. The van der Waals surface area contributed by atoms with Crippen molar-refractivity contribution in [3.63, 3.8) is 0 Å². The highest BCUT2D eigenvalue weighted by Gasteiger charge is 2.37. The highest BCUT2D eigenvalue weighted by atomic mass is 32.1. The van der Waals surface area contributed by atoms with Gasteiger partial charge in [0.15, 0.2) is 17.2 Å². The van der Waals surface area contributed by atoms with Crippen LogP contribution in [0, 0.1) is 0 Å². The standard InChI is InChI=1S/C23H20F3N5O2S/c1-3-30(4-2)15-7-5-14(6-8-15)18-10-9-16(34-18)13-17-21(23(24,25)26)29-31-19(11-12-20(32)33)27-28-22(17)31/h5-13H,3-4H2,1-2H3,(H,32,33)/b12-11+,17-13-. The summed E-state index contributed by atoms with van der Waals surface area (Å²) in [4.78, 5) is 14.5. The minimum atomic E-state index is -4.72. The van der Waals surface area contributed by atoms with Crippen LogP contribution in [0.5, 0.6) is 0 Å². The van der Waals surface area contributed by atoms with E-state index in [0.717, 1.165) is 45.9 Å². The molecule has 176 valence electrons. The molecule has 0 atom stereocenters. The average molecular weight is 488 g/mol. The van der Waals surface area contributed by atoms with Gasteiger partial charge in [-0.3, -0.25) is 0 Å². The van der Waals surface area contributed by atoms with E-state index in [1.165, 1.54) is 17.4 Å². The Morgan fingerprint density at radius 1 is 1.12 bits per heavy atom. The fourth-order valence-corrected chi connectivity index (χ4v) is 4.52. The van der Waals surface area contributed by atoms with Crippen LogP contribution in [0.2, 0.25) is 0 Å². The van der Waals surface area contributed by atoms with Gasteiger partial charge in [0.1, 0.15) is 0 Å². The first kappa shape index (κ1) is 23.4. The van der Waals surface area contributed by atoms with E-state index in [1.54, 1.807) is 6.07 Å². The van der Waals surface area contributed by atoms with E-state index in [0.29, 0.717) is 4.88 Å². The Bertz CT molecular complexity index is 1400. The van der Waals surface area contributed by atoms with E-state index in [9.17, 15) is 18.0 Å². The Labute approximate surface area is 196 Å². The van der Waals surface area contributed by atoms with E-state index in [1.807, 2.05) is 30.3 Å². The molecular weight excluding hydrogens is 467 g/mol. The van der Waals surface area contributed by atoms with Crippen molar-refractivity contribution in [1.29, 1.82) is 0 Å². The van der Waals surface area contributed by atoms with Gasteiger partial charge < -0.3 is 10.0 Å². The summed E-state index contributed by atoms with van der Waals surface area (Å²) >= 11 is 1.35. The van der Waals surface area contributed by atoms with Crippen LogP contribution in [0.15, 0.2) is 42.5 Å². The summed E-state index contributed by atoms with van der Waals surface area (Å²) in [5.41, 5.74) is 0.861. The van der Waals surface area contributed by atoms with Crippen molar-refractivity contribution in [2.75, 3.05) is 18.0 Å². The van der Waals surface area contributed by atoms with Crippen LogP contribution in [0.1, 0.15) is 30.2 Å². The average Bonchev–Trinajstić information content (AvgIpc) is 3.50. The molecule has 0 saturated carbocycles. The maximum absolute atomic E-state index is 13.7. The van der Waals surface area contributed by atoms with E-state index < -0.39 is 17.8 Å². The van der Waals surface area contributed by atoms with Gasteiger partial charge in [-0.15, -0.1) is 21.5 Å². The van der Waals surface area contributed by atoms with E-state index in [4.69, 9.17) is 5.11 Å². The number of anilines is 1. The SMILES string of the molecule is CCN(CC)c1ccc(-c2ccc(/C=c3/c(C(F)(F)F)nn4c(/C=C/C(=O)O)nnc34)s2)cc1. The Kier molecular flexibility index (Phi) is 6.38. The van der Waals surface area contributed by atoms with Crippen LogP contribution in [0.25, 0.3) is 28.2 Å². The lowest BCUT2D eigenvalue weighted by molar-refractivity contribution is -0.142. The smallest absolute Gasteiger partial charge is 0.435 e. The number of carbonyl (C=O) groups is 1. The van der Waals surface area contributed by atoms with Crippen molar-refractivity contribution >= 4 is 40.8 Å². The maximum Gasteiger partial charge on any atom is 0.435 e. The fraction of sp³-hybridized carbons (Fsp3) is 0.217. The van der Waals surface area contributed by atoms with Crippen LogP contribution >= 0.6 is 11.3 Å². The van der Waals surface area contributed by atoms with E-state index in [-0.39, 0.29) is 16.7 Å². The van der Waals surface area contributed by atoms with Crippen molar-refractivity contribution in [3.05, 3.63) is 64.1 Å². The second-order valence-corrected chi connectivity index (χ2v) is 8.41. The minimum absolute atomic E-state index is 0.101. The van der Waals surface area contributed by atoms with Crippen LogP contribution in [-0.2, 0) is 11.0 Å². The molecule has 7 nitrogen and oxygen atoms in total. The summed E-state index contributed by atoms with van der Waals surface area (Å²) in [6.45, 7) is 5.97. The van der Waals surface area contributed by atoms with Gasteiger partial charge in [-0.05, 0) is 55.8 Å². The lowest BCUT2D eigenvalue weighted by Gasteiger charge is -2.21. The molecule has 0 aliphatic heterocycles. The molecule has 11 heteroatoms. The van der Waals surface area contributed by atoms with E-state index in [2.05, 4.69) is 34.0 Å². The normalized spacial score (nSPS) is 12.8. The number of nitrogens with zero attached hydrogens (tertiary/aromatic N) is 5. The van der Waals surface area contributed by atoms with Gasteiger partial charge in [0.2, 0.25) is 0 Å². The molecule has 1 aromatic carbocycles. The van der Waals surface area contributed by atoms with Gasteiger partial charge in [-0.25, -0.2) is 4.79 Å². The zero-order valence-electron chi connectivity index (χ0n) is 18.2. The molecule has 0 saturated heterocycles. The van der Waals surface area contributed by atoms with Crippen molar-refractivity contribution in [2.24, 2.45) is 0 Å². The molecule has 3 heterocycles. The number of benzene rings is 1. The number of hydrogen-bond acceptors (Lipinski definition) is 6. The monoisotopic (exact) mass is 487 g/mol. The number of aliphatic carboxylic acids is 1. The summed E-state index contributed by atoms with van der Waals surface area (Å²) in [5.74, 6) is -1.37. The van der Waals surface area contributed by atoms with Gasteiger partial charge in [0.25, 0.3) is 0 Å². The maximum atomic E-state index is 13.7. The lowest BCUT2D eigenvalue weighted by Crippen LogP contribution is -2.21. The van der Waals surface area contributed by atoms with Crippen LogP contribution in [-0.4, -0.2) is 44.0 Å². The molecule has 34 heavy (non-hydrogen) atoms. The predicted octanol–water partition coefficient (Wildman–Crippen LogP) is 4.36. The van der Waals surface area contributed by atoms with Crippen molar-refractivity contribution in [3.8, 4) is 10.4 Å². The van der Waals surface area contributed by atoms with Crippen LogP contribution in [0.4, 0.5) is 18.9 Å². The largest absolute Gasteiger partial charge is 0.478 e. The first-order chi connectivity index (χ1) is 16.2. The third-order valence-corrected chi connectivity index (χ3v) is 6.28. The number of carboxylic acid groups (broad SMARTS) is 1. The second-order valence-electron chi connectivity index (χ2n) is 7.29. The third kappa shape index (κ3) is 4.65. The van der Waals surface area contributed by atoms with Gasteiger partial charge in [0.05, 0.1) is 5.22 Å². The van der Waals surface area contributed by atoms with Crippen molar-refractivity contribution in [2.45, 2.75) is 20.0 Å². The van der Waals surface area contributed by atoms with Gasteiger partial charge >= 0.3 is 12.1 Å². The molecule has 0 aliphatic carbocycles. The molecule has 0 amide bonds. The van der Waals surface area contributed by atoms with Gasteiger partial charge in [0, 0.05) is 34.6 Å². The van der Waals surface area contributed by atoms with Gasteiger partial charge in [-0.1, -0.05) is 12.1 Å². The van der Waals surface area contributed by atoms with Crippen molar-refractivity contribution < 1.29 is 23.1 Å². The second kappa shape index (κ2) is 9.26. The summed E-state index contributed by atoms with van der Waals surface area (Å²) in [6.07, 6.45) is -1.53. The highest BCUT2D eigenvalue weighted by molar-refractivity contribution is 7.16. The number of carboxylic acids is 1. The van der Waals surface area contributed by atoms with Crippen LogP contribution < -0.4 is 10.1 Å². The molecule has 0 unspecified atom stereocenters. The first-order valence-electron chi connectivity index (χ1n) is 10.4. The molecular formula is C23H20F3N5O2S. The predicted molar refractivity (Wildman–Crippen MR) is 125 cm³/mol. The fourth-order valence-electron chi connectivity index (χ4n) is 3.56.